The van der Waals surface area contributed by atoms with Crippen LogP contribution in [0.1, 0.15) is 47.2 Å². The molecule has 3 aromatic rings. The molecule has 1 unspecified atom stereocenters. The number of esters is 1. The molecule has 168 valence electrons. The van der Waals surface area contributed by atoms with E-state index in [1.54, 1.807) is 19.9 Å². The lowest BCUT2D eigenvalue weighted by Gasteiger charge is -2.25. The zero-order chi connectivity index (χ0) is 22.8. The fraction of sp³-hybridized carbons (Fsp3) is 0.391. The summed E-state index contributed by atoms with van der Waals surface area (Å²) in [7, 11) is 0. The van der Waals surface area contributed by atoms with E-state index in [-0.39, 0.29) is 23.2 Å². The maximum atomic E-state index is 12.7. The van der Waals surface area contributed by atoms with E-state index < -0.39 is 18.5 Å². The molecule has 0 spiro atoms. The van der Waals surface area contributed by atoms with Gasteiger partial charge in [-0.2, -0.15) is 0 Å². The quantitative estimate of drug-likeness (QED) is 0.582. The molecular formula is C23H25N3O6. The maximum absolute atomic E-state index is 12.7. The van der Waals surface area contributed by atoms with E-state index in [1.807, 2.05) is 32.0 Å². The lowest BCUT2D eigenvalue weighted by Crippen LogP contribution is -2.35. The highest BCUT2D eigenvalue weighted by Crippen LogP contribution is 2.34. The van der Waals surface area contributed by atoms with Crippen molar-refractivity contribution in [2.75, 3.05) is 19.8 Å². The van der Waals surface area contributed by atoms with Crippen molar-refractivity contribution in [2.24, 2.45) is 5.92 Å². The molecule has 3 heterocycles. The Kier molecular flexibility index (Phi) is 5.98. The van der Waals surface area contributed by atoms with Gasteiger partial charge in [0.1, 0.15) is 13.2 Å². The zero-order valence-electron chi connectivity index (χ0n) is 18.4. The Morgan fingerprint density at radius 3 is 2.62 bits per heavy atom. The number of aromatic nitrogens is 2. The number of nitrogens with zero attached hydrogens (tertiary/aromatic N) is 2. The number of carbonyl (C=O) groups excluding carboxylic acids is 2. The molecule has 0 aliphatic carbocycles. The molecule has 1 aliphatic rings. The molecule has 0 radical (unpaired) electrons. The standard InChI is InChI=1S/C23H25N3O6/c1-12(2)21(15-5-6-17-18(10-15)30-8-7-29-17)25-19(27)11-31-23(28)16-9-13(3)24-22-20(16)14(4)26-32-22/h5-6,9-10,12,21H,7-8,11H2,1-4H3,(H,25,27). The van der Waals surface area contributed by atoms with Gasteiger partial charge >= 0.3 is 5.97 Å². The summed E-state index contributed by atoms with van der Waals surface area (Å²) in [6.45, 7) is 8.03. The Bertz CT molecular complexity index is 1170. The molecule has 32 heavy (non-hydrogen) atoms. The van der Waals surface area contributed by atoms with Gasteiger partial charge in [0.25, 0.3) is 11.6 Å². The average molecular weight is 439 g/mol. The van der Waals surface area contributed by atoms with Crippen LogP contribution in [0.2, 0.25) is 0 Å². The van der Waals surface area contributed by atoms with Crippen LogP contribution in [0.5, 0.6) is 11.5 Å². The van der Waals surface area contributed by atoms with Crippen molar-refractivity contribution in [2.45, 2.75) is 33.7 Å². The Hall–Kier alpha value is -3.62. The highest BCUT2D eigenvalue weighted by Gasteiger charge is 2.23. The Morgan fingerprint density at radius 2 is 1.88 bits per heavy atom. The largest absolute Gasteiger partial charge is 0.486 e. The van der Waals surface area contributed by atoms with Crippen LogP contribution in [0.3, 0.4) is 0 Å². The highest BCUT2D eigenvalue weighted by molar-refractivity contribution is 6.03. The van der Waals surface area contributed by atoms with Crippen LogP contribution in [-0.2, 0) is 9.53 Å². The third kappa shape index (κ3) is 4.37. The van der Waals surface area contributed by atoms with Crippen molar-refractivity contribution in [1.29, 1.82) is 0 Å². The van der Waals surface area contributed by atoms with Crippen LogP contribution in [0, 0.1) is 19.8 Å². The van der Waals surface area contributed by atoms with Crippen LogP contribution in [0.15, 0.2) is 28.8 Å². The van der Waals surface area contributed by atoms with E-state index >= 15 is 0 Å². The molecule has 0 saturated heterocycles. The number of carbonyl (C=O) groups is 2. The number of hydrogen-bond donors (Lipinski definition) is 1. The van der Waals surface area contributed by atoms with Gasteiger partial charge in [0.05, 0.1) is 22.7 Å². The average Bonchev–Trinajstić information content (AvgIpc) is 3.15. The number of pyridine rings is 1. The van der Waals surface area contributed by atoms with E-state index in [4.69, 9.17) is 18.7 Å². The lowest BCUT2D eigenvalue weighted by atomic mass is 9.95. The second kappa shape index (κ2) is 8.86. The topological polar surface area (TPSA) is 113 Å². The molecule has 1 amide bonds. The fourth-order valence-electron chi connectivity index (χ4n) is 3.69. The third-order valence-electron chi connectivity index (χ3n) is 5.21. The second-order valence-electron chi connectivity index (χ2n) is 8.03. The van der Waals surface area contributed by atoms with Gasteiger partial charge < -0.3 is 24.1 Å². The molecule has 1 atom stereocenters. The smallest absolute Gasteiger partial charge is 0.339 e. The highest BCUT2D eigenvalue weighted by atomic mass is 16.6. The number of benzene rings is 1. The molecular weight excluding hydrogens is 414 g/mol. The van der Waals surface area contributed by atoms with Crippen molar-refractivity contribution >= 4 is 23.0 Å². The van der Waals surface area contributed by atoms with E-state index in [0.29, 0.717) is 41.5 Å². The van der Waals surface area contributed by atoms with Gasteiger partial charge in [-0.15, -0.1) is 0 Å². The molecule has 2 aromatic heterocycles. The summed E-state index contributed by atoms with van der Waals surface area (Å²) in [4.78, 5) is 29.5. The monoisotopic (exact) mass is 439 g/mol. The summed E-state index contributed by atoms with van der Waals surface area (Å²) in [5.41, 5.74) is 2.53. The summed E-state index contributed by atoms with van der Waals surface area (Å²) in [6.07, 6.45) is 0. The lowest BCUT2D eigenvalue weighted by molar-refractivity contribution is -0.125. The Labute approximate surface area is 185 Å². The van der Waals surface area contributed by atoms with E-state index in [1.165, 1.54) is 0 Å². The molecule has 0 saturated carbocycles. The number of ether oxygens (including phenoxy) is 3. The molecule has 0 fully saturated rings. The van der Waals surface area contributed by atoms with Crippen LogP contribution in [0.4, 0.5) is 0 Å². The van der Waals surface area contributed by atoms with Crippen LogP contribution < -0.4 is 14.8 Å². The number of hydrogen-bond acceptors (Lipinski definition) is 8. The maximum Gasteiger partial charge on any atom is 0.339 e. The van der Waals surface area contributed by atoms with Crippen LogP contribution >= 0.6 is 0 Å². The Balaban J connectivity index is 1.45. The van der Waals surface area contributed by atoms with E-state index in [2.05, 4.69) is 15.5 Å². The molecule has 1 N–H and O–H groups in total. The van der Waals surface area contributed by atoms with Crippen molar-refractivity contribution < 1.29 is 28.3 Å². The van der Waals surface area contributed by atoms with Crippen molar-refractivity contribution in [1.82, 2.24) is 15.5 Å². The molecule has 0 bridgehead atoms. The summed E-state index contributed by atoms with van der Waals surface area (Å²) in [5, 5.41) is 7.28. The summed E-state index contributed by atoms with van der Waals surface area (Å²) in [5.74, 6) is 0.393. The first-order valence-corrected chi connectivity index (χ1v) is 10.4. The second-order valence-corrected chi connectivity index (χ2v) is 8.03. The minimum Gasteiger partial charge on any atom is -0.486 e. The third-order valence-corrected chi connectivity index (χ3v) is 5.21. The van der Waals surface area contributed by atoms with E-state index in [0.717, 1.165) is 5.56 Å². The summed E-state index contributed by atoms with van der Waals surface area (Å²) < 4.78 is 21.7. The van der Waals surface area contributed by atoms with Gasteiger partial charge in [-0.3, -0.25) is 4.79 Å². The first kappa shape index (κ1) is 21.6. The van der Waals surface area contributed by atoms with E-state index in [9.17, 15) is 9.59 Å². The number of nitrogens with one attached hydrogen (secondary N) is 1. The fourth-order valence-corrected chi connectivity index (χ4v) is 3.69. The van der Waals surface area contributed by atoms with Gasteiger partial charge in [-0.25, -0.2) is 9.78 Å². The summed E-state index contributed by atoms with van der Waals surface area (Å²) >= 11 is 0. The van der Waals surface area contributed by atoms with Gasteiger partial charge in [0, 0.05) is 5.69 Å². The van der Waals surface area contributed by atoms with Crippen LogP contribution in [0.25, 0.3) is 11.1 Å². The first-order chi connectivity index (χ1) is 15.3. The summed E-state index contributed by atoms with van der Waals surface area (Å²) in [6, 6.07) is 6.92. The molecule has 1 aromatic carbocycles. The minimum absolute atomic E-state index is 0.0966. The molecule has 1 aliphatic heterocycles. The van der Waals surface area contributed by atoms with Crippen molar-refractivity contribution in [3.63, 3.8) is 0 Å². The van der Waals surface area contributed by atoms with Gasteiger partial charge in [0.15, 0.2) is 18.1 Å². The first-order valence-electron chi connectivity index (χ1n) is 10.4. The van der Waals surface area contributed by atoms with Gasteiger partial charge in [-0.05, 0) is 43.5 Å². The Morgan fingerprint density at radius 1 is 1.12 bits per heavy atom. The number of rotatable bonds is 6. The number of aryl methyl sites for hydroxylation is 2. The van der Waals surface area contributed by atoms with Gasteiger partial charge in [0.2, 0.25) is 0 Å². The normalized spacial score (nSPS) is 13.8. The van der Waals surface area contributed by atoms with Crippen LogP contribution in [-0.4, -0.2) is 41.8 Å². The molecule has 4 rings (SSSR count). The zero-order valence-corrected chi connectivity index (χ0v) is 18.4. The predicted octanol–water partition coefficient (Wildman–Crippen LogP) is 3.28. The predicted molar refractivity (Wildman–Crippen MR) is 115 cm³/mol. The number of amides is 1. The molecule has 9 nitrogen and oxygen atoms in total. The minimum atomic E-state index is -0.637. The SMILES string of the molecule is Cc1cc(C(=O)OCC(=O)NC(c2ccc3c(c2)OCCO3)C(C)C)c2c(C)noc2n1. The van der Waals surface area contributed by atoms with Gasteiger partial charge in [-0.1, -0.05) is 25.1 Å². The molecule has 9 heteroatoms. The van der Waals surface area contributed by atoms with Crippen molar-refractivity contribution in [3.05, 3.63) is 46.8 Å². The number of fused-ring (bicyclic) bond motifs is 2. The van der Waals surface area contributed by atoms with Crippen molar-refractivity contribution in [3.8, 4) is 11.5 Å².